The minimum absolute atomic E-state index is 0.149. The Morgan fingerprint density at radius 3 is 2.92 bits per heavy atom. The number of ether oxygens (including phenoxy) is 1. The van der Waals surface area contributed by atoms with Crippen molar-refractivity contribution in [3.63, 3.8) is 0 Å². The van der Waals surface area contributed by atoms with Crippen molar-refractivity contribution in [2.75, 3.05) is 11.9 Å². The number of aromatic nitrogens is 4. The molecule has 24 heavy (non-hydrogen) atoms. The van der Waals surface area contributed by atoms with Gasteiger partial charge in [-0.15, -0.1) is 0 Å². The van der Waals surface area contributed by atoms with E-state index >= 15 is 0 Å². The van der Waals surface area contributed by atoms with Crippen molar-refractivity contribution >= 4 is 23.3 Å². The second kappa shape index (κ2) is 7.10. The summed E-state index contributed by atoms with van der Waals surface area (Å²) in [5, 5.41) is 3.21. The first-order valence-corrected chi connectivity index (χ1v) is 7.50. The lowest BCUT2D eigenvalue weighted by molar-refractivity contribution is -0.118. The highest BCUT2D eigenvalue weighted by molar-refractivity contribution is 6.30. The summed E-state index contributed by atoms with van der Waals surface area (Å²) in [4.78, 5) is 24.3. The first-order chi connectivity index (χ1) is 11.6. The summed E-state index contributed by atoms with van der Waals surface area (Å²) < 4.78 is 7.18. The number of halogens is 1. The van der Waals surface area contributed by atoms with Crippen LogP contribution in [0, 0.1) is 6.92 Å². The van der Waals surface area contributed by atoms with Crippen LogP contribution in [0.15, 0.2) is 49.1 Å². The molecule has 0 saturated heterocycles. The van der Waals surface area contributed by atoms with Gasteiger partial charge in [0.1, 0.15) is 29.5 Å². The van der Waals surface area contributed by atoms with E-state index in [0.29, 0.717) is 22.4 Å². The third kappa shape index (κ3) is 3.88. The number of hydrogen-bond donors (Lipinski definition) is 1. The molecule has 0 atom stereocenters. The lowest BCUT2D eigenvalue weighted by Gasteiger charge is -2.09. The van der Waals surface area contributed by atoms with E-state index in [9.17, 15) is 4.79 Å². The van der Waals surface area contributed by atoms with Crippen LogP contribution in [0.25, 0.3) is 5.82 Å². The zero-order chi connectivity index (χ0) is 16.9. The van der Waals surface area contributed by atoms with Crippen molar-refractivity contribution in [3.05, 3.63) is 59.9 Å². The summed E-state index contributed by atoms with van der Waals surface area (Å²) in [5.74, 6) is 1.98. The molecule has 0 radical (unpaired) electrons. The molecule has 2 aromatic heterocycles. The number of amides is 1. The van der Waals surface area contributed by atoms with Crippen LogP contribution < -0.4 is 10.1 Å². The number of carbonyl (C=O) groups excluding carboxylic acids is 1. The molecule has 0 bridgehead atoms. The Morgan fingerprint density at radius 2 is 2.17 bits per heavy atom. The molecule has 8 heteroatoms. The number of rotatable bonds is 5. The number of imidazole rings is 1. The molecule has 122 valence electrons. The van der Waals surface area contributed by atoms with E-state index in [4.69, 9.17) is 16.3 Å². The minimum atomic E-state index is -0.332. The number of nitrogens with one attached hydrogen (secondary N) is 1. The summed E-state index contributed by atoms with van der Waals surface area (Å²) in [6.07, 6.45) is 4.84. The van der Waals surface area contributed by atoms with Gasteiger partial charge in [0, 0.05) is 23.5 Å². The minimum Gasteiger partial charge on any atom is -0.484 e. The number of hydrogen-bond acceptors (Lipinski definition) is 5. The fourth-order valence-corrected chi connectivity index (χ4v) is 2.23. The van der Waals surface area contributed by atoms with E-state index in [1.165, 1.54) is 6.33 Å². The van der Waals surface area contributed by atoms with Crippen molar-refractivity contribution in [3.8, 4) is 11.6 Å². The van der Waals surface area contributed by atoms with E-state index in [0.717, 1.165) is 5.82 Å². The average molecular weight is 344 g/mol. The second-order valence-corrected chi connectivity index (χ2v) is 5.34. The number of nitrogens with zero attached hydrogens (tertiary/aromatic N) is 4. The summed E-state index contributed by atoms with van der Waals surface area (Å²) in [7, 11) is 0. The lowest BCUT2D eigenvalue weighted by atomic mass is 10.3. The molecule has 1 aromatic carbocycles. The van der Waals surface area contributed by atoms with Crippen molar-refractivity contribution in [2.45, 2.75) is 6.92 Å². The maximum atomic E-state index is 12.0. The van der Waals surface area contributed by atoms with Crippen molar-refractivity contribution < 1.29 is 9.53 Å². The Kier molecular flexibility index (Phi) is 4.72. The predicted octanol–water partition coefficient (Wildman–Crippen LogP) is 2.64. The van der Waals surface area contributed by atoms with Crippen molar-refractivity contribution in [1.29, 1.82) is 0 Å². The SMILES string of the molecule is Cc1nccn1-c1cc(NC(=O)COc2cccc(Cl)c2)ncn1. The zero-order valence-corrected chi connectivity index (χ0v) is 13.6. The Balaban J connectivity index is 1.63. The van der Waals surface area contributed by atoms with Gasteiger partial charge in [-0.05, 0) is 25.1 Å². The fraction of sp³-hybridized carbons (Fsp3) is 0.125. The van der Waals surface area contributed by atoms with Crippen LogP contribution in [0.2, 0.25) is 5.02 Å². The Bertz CT molecular complexity index is 865. The highest BCUT2D eigenvalue weighted by Crippen LogP contribution is 2.17. The van der Waals surface area contributed by atoms with Crippen LogP contribution in [0.1, 0.15) is 5.82 Å². The van der Waals surface area contributed by atoms with E-state index in [-0.39, 0.29) is 12.5 Å². The third-order valence-electron chi connectivity index (χ3n) is 3.16. The van der Waals surface area contributed by atoms with Crippen LogP contribution in [-0.2, 0) is 4.79 Å². The van der Waals surface area contributed by atoms with E-state index in [1.807, 2.05) is 6.92 Å². The van der Waals surface area contributed by atoms with Gasteiger partial charge in [0.15, 0.2) is 6.61 Å². The topological polar surface area (TPSA) is 81.9 Å². The first-order valence-electron chi connectivity index (χ1n) is 7.12. The second-order valence-electron chi connectivity index (χ2n) is 4.90. The summed E-state index contributed by atoms with van der Waals surface area (Å²) in [6.45, 7) is 1.71. The van der Waals surface area contributed by atoms with Gasteiger partial charge < -0.3 is 10.1 Å². The monoisotopic (exact) mass is 343 g/mol. The van der Waals surface area contributed by atoms with Crippen LogP contribution in [-0.4, -0.2) is 32.0 Å². The van der Waals surface area contributed by atoms with Gasteiger partial charge in [-0.1, -0.05) is 17.7 Å². The molecule has 1 N–H and O–H groups in total. The number of benzene rings is 1. The summed E-state index contributed by atoms with van der Waals surface area (Å²) >= 11 is 5.86. The molecular formula is C16H14ClN5O2. The molecule has 0 aliphatic carbocycles. The fourth-order valence-electron chi connectivity index (χ4n) is 2.05. The van der Waals surface area contributed by atoms with Gasteiger partial charge >= 0.3 is 0 Å². The van der Waals surface area contributed by atoms with E-state index in [2.05, 4.69) is 20.3 Å². The summed E-state index contributed by atoms with van der Waals surface area (Å²) in [5.41, 5.74) is 0. The zero-order valence-electron chi connectivity index (χ0n) is 12.8. The van der Waals surface area contributed by atoms with E-state index < -0.39 is 0 Å². The van der Waals surface area contributed by atoms with Gasteiger partial charge in [-0.3, -0.25) is 9.36 Å². The maximum Gasteiger partial charge on any atom is 0.263 e. The first kappa shape index (κ1) is 15.9. The molecule has 0 spiro atoms. The Morgan fingerprint density at radius 1 is 1.29 bits per heavy atom. The van der Waals surface area contributed by atoms with Crippen molar-refractivity contribution in [2.24, 2.45) is 0 Å². The normalized spacial score (nSPS) is 10.4. The average Bonchev–Trinajstić information content (AvgIpc) is 2.99. The maximum absolute atomic E-state index is 12.0. The largest absolute Gasteiger partial charge is 0.484 e. The van der Waals surface area contributed by atoms with E-state index in [1.54, 1.807) is 47.3 Å². The predicted molar refractivity (Wildman–Crippen MR) is 89.5 cm³/mol. The van der Waals surface area contributed by atoms with Gasteiger partial charge in [-0.2, -0.15) is 0 Å². The van der Waals surface area contributed by atoms with Crippen LogP contribution in [0.5, 0.6) is 5.75 Å². The van der Waals surface area contributed by atoms with Crippen LogP contribution in [0.3, 0.4) is 0 Å². The smallest absolute Gasteiger partial charge is 0.263 e. The molecule has 1 amide bonds. The molecular weight excluding hydrogens is 330 g/mol. The number of aryl methyl sites for hydroxylation is 1. The van der Waals surface area contributed by atoms with Gasteiger partial charge in [0.05, 0.1) is 0 Å². The molecule has 7 nitrogen and oxygen atoms in total. The van der Waals surface area contributed by atoms with Crippen LogP contribution in [0.4, 0.5) is 5.82 Å². The highest BCUT2D eigenvalue weighted by Gasteiger charge is 2.08. The number of carbonyl (C=O) groups is 1. The molecule has 3 aromatic rings. The quantitative estimate of drug-likeness (QED) is 0.770. The lowest BCUT2D eigenvalue weighted by Crippen LogP contribution is -2.21. The molecule has 0 aliphatic heterocycles. The molecule has 0 fully saturated rings. The summed E-state index contributed by atoms with van der Waals surface area (Å²) in [6, 6.07) is 8.50. The number of anilines is 1. The highest BCUT2D eigenvalue weighted by atomic mass is 35.5. The molecule has 0 aliphatic rings. The van der Waals surface area contributed by atoms with Gasteiger partial charge in [0.2, 0.25) is 0 Å². The standard InChI is InChI=1S/C16H14ClN5O2/c1-11-18-5-6-22(11)15-8-14(19-10-20-15)21-16(23)9-24-13-4-2-3-12(17)7-13/h2-8,10H,9H2,1H3,(H,19,20,21,23). The molecule has 3 rings (SSSR count). The van der Waals surface area contributed by atoms with Gasteiger partial charge in [-0.25, -0.2) is 15.0 Å². The Hall–Kier alpha value is -2.93. The van der Waals surface area contributed by atoms with Crippen molar-refractivity contribution in [1.82, 2.24) is 19.5 Å². The van der Waals surface area contributed by atoms with Gasteiger partial charge in [0.25, 0.3) is 5.91 Å². The molecule has 2 heterocycles. The third-order valence-corrected chi connectivity index (χ3v) is 3.39. The molecule has 0 saturated carbocycles. The molecule has 0 unspecified atom stereocenters. The Labute approximate surface area is 143 Å². The van der Waals surface area contributed by atoms with Crippen LogP contribution >= 0.6 is 11.6 Å².